The summed E-state index contributed by atoms with van der Waals surface area (Å²) in [6, 6.07) is 3.47. The standard InChI is InChI=1S/C13H20ClNO2S2/c1-13(2)6-3-8-15(9-7-13)19(16,17)12-5-4-11(10-14)18-12/h4-5H,3,6-10H2,1-2H3. The van der Waals surface area contributed by atoms with Crippen molar-refractivity contribution in [3.63, 3.8) is 0 Å². The highest BCUT2D eigenvalue weighted by atomic mass is 35.5. The van der Waals surface area contributed by atoms with Crippen molar-refractivity contribution >= 4 is 33.0 Å². The van der Waals surface area contributed by atoms with Gasteiger partial charge in [0.2, 0.25) is 0 Å². The second-order valence-electron chi connectivity index (χ2n) is 5.78. The van der Waals surface area contributed by atoms with Gasteiger partial charge in [0.1, 0.15) is 4.21 Å². The molecule has 0 atom stereocenters. The molecule has 2 heterocycles. The summed E-state index contributed by atoms with van der Waals surface area (Å²) in [5, 5.41) is 0. The number of halogens is 1. The van der Waals surface area contributed by atoms with Crippen LogP contribution in [0.5, 0.6) is 0 Å². The normalized spacial score (nSPS) is 21.2. The minimum atomic E-state index is -3.33. The van der Waals surface area contributed by atoms with Crippen molar-refractivity contribution in [1.82, 2.24) is 4.31 Å². The molecule has 0 unspecified atom stereocenters. The Hall–Kier alpha value is -0.100. The van der Waals surface area contributed by atoms with Crippen LogP contribution in [0.2, 0.25) is 0 Å². The highest BCUT2D eigenvalue weighted by Gasteiger charge is 2.31. The first-order valence-corrected chi connectivity index (χ1v) is 9.29. The largest absolute Gasteiger partial charge is 0.252 e. The quantitative estimate of drug-likeness (QED) is 0.796. The molecule has 0 aliphatic carbocycles. The molecule has 1 aromatic heterocycles. The number of hydrogen-bond acceptors (Lipinski definition) is 3. The third-order valence-electron chi connectivity index (χ3n) is 3.66. The minimum absolute atomic E-state index is 0.237. The fourth-order valence-electron chi connectivity index (χ4n) is 2.33. The van der Waals surface area contributed by atoms with Crippen LogP contribution in [0, 0.1) is 5.41 Å². The lowest BCUT2D eigenvalue weighted by molar-refractivity contribution is 0.315. The molecule has 3 nitrogen and oxygen atoms in total. The topological polar surface area (TPSA) is 37.4 Å². The molecule has 108 valence electrons. The maximum Gasteiger partial charge on any atom is 0.252 e. The zero-order valence-electron chi connectivity index (χ0n) is 11.4. The van der Waals surface area contributed by atoms with Crippen LogP contribution in [0.1, 0.15) is 38.0 Å². The molecular weight excluding hydrogens is 302 g/mol. The first-order valence-electron chi connectivity index (χ1n) is 6.50. The molecule has 0 aromatic carbocycles. The van der Waals surface area contributed by atoms with E-state index in [0.29, 0.717) is 23.2 Å². The van der Waals surface area contributed by atoms with Gasteiger partial charge in [-0.3, -0.25) is 0 Å². The van der Waals surface area contributed by atoms with Gasteiger partial charge in [0.15, 0.2) is 0 Å². The molecule has 1 aliphatic heterocycles. The molecule has 2 rings (SSSR count). The van der Waals surface area contributed by atoms with E-state index in [4.69, 9.17) is 11.6 Å². The van der Waals surface area contributed by atoms with E-state index >= 15 is 0 Å². The molecule has 6 heteroatoms. The Bertz CT molecular complexity index is 537. The summed E-state index contributed by atoms with van der Waals surface area (Å²) in [7, 11) is -3.33. The average molecular weight is 322 g/mol. The van der Waals surface area contributed by atoms with Crippen molar-refractivity contribution in [1.29, 1.82) is 0 Å². The molecular formula is C13H20ClNO2S2. The van der Waals surface area contributed by atoms with E-state index in [1.54, 1.807) is 16.4 Å². The van der Waals surface area contributed by atoms with Crippen molar-refractivity contribution < 1.29 is 8.42 Å². The number of nitrogens with zero attached hydrogens (tertiary/aromatic N) is 1. The number of sulfonamides is 1. The Morgan fingerprint density at radius 3 is 2.68 bits per heavy atom. The van der Waals surface area contributed by atoms with Gasteiger partial charge in [-0.2, -0.15) is 4.31 Å². The molecule has 0 amide bonds. The van der Waals surface area contributed by atoms with E-state index in [2.05, 4.69) is 13.8 Å². The van der Waals surface area contributed by atoms with E-state index in [-0.39, 0.29) is 5.41 Å². The van der Waals surface area contributed by atoms with Crippen LogP contribution >= 0.6 is 22.9 Å². The maximum absolute atomic E-state index is 12.6. The van der Waals surface area contributed by atoms with Gasteiger partial charge in [-0.15, -0.1) is 22.9 Å². The molecule has 1 aliphatic rings. The van der Waals surface area contributed by atoms with Crippen LogP contribution in [0.25, 0.3) is 0 Å². The van der Waals surface area contributed by atoms with Gasteiger partial charge >= 0.3 is 0 Å². The first kappa shape index (κ1) is 15.3. The van der Waals surface area contributed by atoms with Gasteiger partial charge in [0.25, 0.3) is 10.0 Å². The van der Waals surface area contributed by atoms with Crippen molar-refractivity contribution in [3.8, 4) is 0 Å². The Balaban J connectivity index is 2.20. The monoisotopic (exact) mass is 321 g/mol. The molecule has 0 bridgehead atoms. The molecule has 0 saturated carbocycles. The van der Waals surface area contributed by atoms with Crippen LogP contribution in [0.15, 0.2) is 16.3 Å². The highest BCUT2D eigenvalue weighted by molar-refractivity contribution is 7.91. The zero-order chi connectivity index (χ0) is 14.1. The second-order valence-corrected chi connectivity index (χ2v) is 9.38. The number of alkyl halides is 1. The lowest BCUT2D eigenvalue weighted by atomic mass is 9.85. The predicted molar refractivity (Wildman–Crippen MR) is 80.3 cm³/mol. The van der Waals surface area contributed by atoms with E-state index < -0.39 is 10.0 Å². The third kappa shape index (κ3) is 3.51. The van der Waals surface area contributed by atoms with Crippen LogP contribution in [0.3, 0.4) is 0 Å². The molecule has 0 N–H and O–H groups in total. The summed E-state index contributed by atoms with van der Waals surface area (Å²) in [6.45, 7) is 5.66. The Morgan fingerprint density at radius 1 is 1.32 bits per heavy atom. The van der Waals surface area contributed by atoms with Crippen LogP contribution in [-0.4, -0.2) is 25.8 Å². The van der Waals surface area contributed by atoms with E-state index in [9.17, 15) is 8.42 Å². The molecule has 1 fully saturated rings. The summed E-state index contributed by atoms with van der Waals surface area (Å²) in [5.41, 5.74) is 0.237. The van der Waals surface area contributed by atoms with Gasteiger partial charge in [0, 0.05) is 18.0 Å². The fraction of sp³-hybridized carbons (Fsp3) is 0.692. The summed E-state index contributed by atoms with van der Waals surface area (Å²) < 4.78 is 27.2. The number of hydrogen-bond donors (Lipinski definition) is 0. The second kappa shape index (κ2) is 5.72. The smallest absolute Gasteiger partial charge is 0.206 e. The first-order chi connectivity index (χ1) is 8.85. The summed E-state index contributed by atoms with van der Waals surface area (Å²) >= 11 is 7.02. The summed E-state index contributed by atoms with van der Waals surface area (Å²) in [6.07, 6.45) is 2.93. The van der Waals surface area contributed by atoms with Crippen LogP contribution in [0.4, 0.5) is 0 Å². The molecule has 19 heavy (non-hydrogen) atoms. The van der Waals surface area contributed by atoms with Crippen molar-refractivity contribution in [2.75, 3.05) is 13.1 Å². The van der Waals surface area contributed by atoms with Crippen molar-refractivity contribution in [2.45, 2.75) is 43.2 Å². The average Bonchev–Trinajstić information content (AvgIpc) is 2.75. The zero-order valence-corrected chi connectivity index (χ0v) is 13.7. The Labute approximate surface area is 124 Å². The van der Waals surface area contributed by atoms with Gasteiger partial charge < -0.3 is 0 Å². The van der Waals surface area contributed by atoms with E-state index in [0.717, 1.165) is 24.1 Å². The van der Waals surface area contributed by atoms with E-state index in [1.165, 1.54) is 11.3 Å². The summed E-state index contributed by atoms with van der Waals surface area (Å²) in [5.74, 6) is 0.368. The van der Waals surface area contributed by atoms with Crippen molar-refractivity contribution in [3.05, 3.63) is 17.0 Å². The van der Waals surface area contributed by atoms with Crippen LogP contribution in [-0.2, 0) is 15.9 Å². The molecule has 0 radical (unpaired) electrons. The predicted octanol–water partition coefficient (Wildman–Crippen LogP) is 3.69. The lowest BCUT2D eigenvalue weighted by Gasteiger charge is -2.22. The number of rotatable bonds is 3. The van der Waals surface area contributed by atoms with Gasteiger partial charge in [-0.25, -0.2) is 8.42 Å². The Kier molecular flexibility index (Phi) is 4.60. The molecule has 0 spiro atoms. The molecule has 1 saturated heterocycles. The lowest BCUT2D eigenvalue weighted by Crippen LogP contribution is -2.32. The van der Waals surface area contributed by atoms with Crippen molar-refractivity contribution in [2.24, 2.45) is 5.41 Å². The van der Waals surface area contributed by atoms with Crippen LogP contribution < -0.4 is 0 Å². The maximum atomic E-state index is 12.6. The summed E-state index contributed by atoms with van der Waals surface area (Å²) in [4.78, 5) is 0.899. The number of thiophene rings is 1. The highest BCUT2D eigenvalue weighted by Crippen LogP contribution is 2.33. The van der Waals surface area contributed by atoms with Gasteiger partial charge in [-0.05, 0) is 36.8 Å². The SMILES string of the molecule is CC1(C)CCCN(S(=O)(=O)c2ccc(CCl)s2)CC1. The fourth-order valence-corrected chi connectivity index (χ4v) is 5.43. The third-order valence-corrected chi connectivity index (χ3v) is 7.56. The van der Waals surface area contributed by atoms with Gasteiger partial charge in [-0.1, -0.05) is 13.8 Å². The molecule has 1 aromatic rings. The van der Waals surface area contributed by atoms with Gasteiger partial charge in [0.05, 0.1) is 5.88 Å². The Morgan fingerprint density at radius 2 is 2.05 bits per heavy atom. The van der Waals surface area contributed by atoms with E-state index in [1.807, 2.05) is 0 Å². The minimum Gasteiger partial charge on any atom is -0.206 e.